The van der Waals surface area contributed by atoms with E-state index >= 15 is 0 Å². The van der Waals surface area contributed by atoms with Gasteiger partial charge in [0, 0.05) is 29.1 Å². The average Bonchev–Trinajstić information content (AvgIpc) is 3.72. The molecule has 1 saturated heterocycles. The standard InChI is InChI=1S/C35H39N3O2/c1-2-31(26-12-5-3-6-13-26)37-35(39)33-29-17-9-10-18-32(29)36-34(27-14-7-4-8-15-27)30(33)24-40-23-28-16-11-21-38(28)22-25-19-20-25/h3-10,12-15,17-18,25,28,31H,2,11,16,19-24H2,1H3,(H,37,39)/t28-,31-/m0/s1. The van der Waals surface area contributed by atoms with Gasteiger partial charge in [0.05, 0.1) is 36.0 Å². The topological polar surface area (TPSA) is 54.5 Å². The predicted octanol–water partition coefficient (Wildman–Crippen LogP) is 7.17. The summed E-state index contributed by atoms with van der Waals surface area (Å²) in [5.74, 6) is 0.794. The highest BCUT2D eigenvalue weighted by molar-refractivity contribution is 6.09. The summed E-state index contributed by atoms with van der Waals surface area (Å²) in [7, 11) is 0. The Morgan fingerprint density at radius 3 is 2.45 bits per heavy atom. The van der Waals surface area contributed by atoms with Crippen LogP contribution in [0.4, 0.5) is 0 Å². The van der Waals surface area contributed by atoms with Gasteiger partial charge in [-0.2, -0.15) is 0 Å². The van der Waals surface area contributed by atoms with Gasteiger partial charge < -0.3 is 10.1 Å². The first-order chi connectivity index (χ1) is 19.7. The van der Waals surface area contributed by atoms with Crippen molar-refractivity contribution in [2.75, 3.05) is 19.7 Å². The summed E-state index contributed by atoms with van der Waals surface area (Å²) in [5.41, 5.74) is 5.26. The van der Waals surface area contributed by atoms with Gasteiger partial charge in [-0.1, -0.05) is 85.8 Å². The van der Waals surface area contributed by atoms with Crippen molar-refractivity contribution < 1.29 is 9.53 Å². The molecule has 5 nitrogen and oxygen atoms in total. The van der Waals surface area contributed by atoms with Crippen LogP contribution in [0.15, 0.2) is 84.9 Å². The maximum atomic E-state index is 14.2. The number of likely N-dealkylation sites (tertiary alicyclic amines) is 1. The number of nitrogens with one attached hydrogen (secondary N) is 1. The number of hydrogen-bond donors (Lipinski definition) is 1. The van der Waals surface area contributed by atoms with Gasteiger partial charge in [0.25, 0.3) is 5.91 Å². The molecule has 1 aliphatic heterocycles. The minimum atomic E-state index is -0.0821. The fourth-order valence-corrected chi connectivity index (χ4v) is 6.08. The molecule has 0 bridgehead atoms. The highest BCUT2D eigenvalue weighted by Crippen LogP contribution is 2.34. The van der Waals surface area contributed by atoms with Crippen LogP contribution in [-0.2, 0) is 11.3 Å². The second kappa shape index (κ2) is 12.3. The highest BCUT2D eigenvalue weighted by Gasteiger charge is 2.31. The Hall–Kier alpha value is -3.54. The zero-order valence-corrected chi connectivity index (χ0v) is 23.4. The molecule has 0 spiro atoms. The third-order valence-electron chi connectivity index (χ3n) is 8.43. The van der Waals surface area contributed by atoms with Gasteiger partial charge in [-0.05, 0) is 56.2 Å². The number of benzene rings is 3. The molecule has 1 N–H and O–H groups in total. The largest absolute Gasteiger partial charge is 0.375 e. The molecule has 1 aromatic heterocycles. The number of aromatic nitrogens is 1. The van der Waals surface area contributed by atoms with Crippen LogP contribution < -0.4 is 5.32 Å². The van der Waals surface area contributed by atoms with Gasteiger partial charge in [-0.15, -0.1) is 0 Å². The number of nitrogens with zero attached hydrogens (tertiary/aromatic N) is 2. The Kier molecular flexibility index (Phi) is 8.22. The molecule has 3 aromatic carbocycles. The van der Waals surface area contributed by atoms with Crippen LogP contribution >= 0.6 is 0 Å². The number of pyridine rings is 1. The first-order valence-corrected chi connectivity index (χ1v) is 14.9. The number of carbonyl (C=O) groups excluding carboxylic acids is 1. The van der Waals surface area contributed by atoms with Crippen molar-refractivity contribution in [1.82, 2.24) is 15.2 Å². The van der Waals surface area contributed by atoms with Crippen molar-refractivity contribution in [3.8, 4) is 11.3 Å². The Morgan fingerprint density at radius 2 is 1.70 bits per heavy atom. The van der Waals surface area contributed by atoms with E-state index in [1.54, 1.807) is 0 Å². The molecular formula is C35H39N3O2. The summed E-state index contributed by atoms with van der Waals surface area (Å²) in [6.45, 7) is 5.50. The molecule has 0 unspecified atom stereocenters. The Labute approximate surface area is 237 Å². The SMILES string of the molecule is CC[C@H](NC(=O)c1c(COC[C@@H]2CCCN2CC2CC2)c(-c2ccccc2)nc2ccccc12)c1ccccc1. The first-order valence-electron chi connectivity index (χ1n) is 14.9. The van der Waals surface area contributed by atoms with Crippen molar-refractivity contribution in [1.29, 1.82) is 0 Å². The fraction of sp³-hybridized carbons (Fsp3) is 0.371. The number of amides is 1. The maximum absolute atomic E-state index is 14.2. The second-order valence-corrected chi connectivity index (χ2v) is 11.3. The summed E-state index contributed by atoms with van der Waals surface area (Å²) in [5, 5.41) is 4.21. The number of fused-ring (bicyclic) bond motifs is 1. The number of hydrogen-bond acceptors (Lipinski definition) is 4. The van der Waals surface area contributed by atoms with E-state index in [9.17, 15) is 4.79 Å². The lowest BCUT2D eigenvalue weighted by Crippen LogP contribution is -2.35. The minimum Gasteiger partial charge on any atom is -0.375 e. The lowest BCUT2D eigenvalue weighted by atomic mass is 9.95. The van der Waals surface area contributed by atoms with Gasteiger partial charge in [-0.3, -0.25) is 9.69 Å². The van der Waals surface area contributed by atoms with Crippen molar-refractivity contribution in [3.05, 3.63) is 102 Å². The summed E-state index contributed by atoms with van der Waals surface area (Å²) in [6, 6.07) is 28.7. The molecule has 2 atom stereocenters. The fourth-order valence-electron chi connectivity index (χ4n) is 6.08. The lowest BCUT2D eigenvalue weighted by Gasteiger charge is -2.25. The van der Waals surface area contributed by atoms with Crippen LogP contribution in [0.5, 0.6) is 0 Å². The van der Waals surface area contributed by atoms with Crippen LogP contribution in [0.3, 0.4) is 0 Å². The normalized spacial score (nSPS) is 18.2. The molecule has 4 aromatic rings. The van der Waals surface area contributed by atoms with Crippen LogP contribution in [0.1, 0.15) is 66.6 Å². The summed E-state index contributed by atoms with van der Waals surface area (Å²) < 4.78 is 6.49. The van der Waals surface area contributed by atoms with Crippen LogP contribution in [0, 0.1) is 5.92 Å². The highest BCUT2D eigenvalue weighted by atomic mass is 16.5. The number of carbonyl (C=O) groups is 1. The van der Waals surface area contributed by atoms with E-state index in [0.717, 1.165) is 45.6 Å². The summed E-state index contributed by atoms with van der Waals surface area (Å²) >= 11 is 0. The van der Waals surface area contributed by atoms with Crippen LogP contribution in [0.25, 0.3) is 22.2 Å². The zero-order chi connectivity index (χ0) is 27.3. The Balaban J connectivity index is 1.35. The maximum Gasteiger partial charge on any atom is 0.252 e. The number of rotatable bonds is 11. The molecule has 1 amide bonds. The molecule has 1 aliphatic carbocycles. The molecular weight excluding hydrogens is 494 g/mol. The minimum absolute atomic E-state index is 0.0796. The van der Waals surface area contributed by atoms with E-state index in [1.165, 1.54) is 38.8 Å². The quantitative estimate of drug-likeness (QED) is 0.222. The molecule has 206 valence electrons. The second-order valence-electron chi connectivity index (χ2n) is 11.3. The molecule has 0 radical (unpaired) electrons. The van der Waals surface area contributed by atoms with Crippen LogP contribution in [-0.4, -0.2) is 41.5 Å². The van der Waals surface area contributed by atoms with E-state index < -0.39 is 0 Å². The van der Waals surface area contributed by atoms with Gasteiger partial charge in [-0.25, -0.2) is 4.98 Å². The Morgan fingerprint density at radius 1 is 0.975 bits per heavy atom. The molecule has 40 heavy (non-hydrogen) atoms. The lowest BCUT2D eigenvalue weighted by molar-refractivity contribution is 0.0646. The number of para-hydroxylation sites is 1. The molecule has 1 saturated carbocycles. The van der Waals surface area contributed by atoms with E-state index in [2.05, 4.69) is 41.4 Å². The van der Waals surface area contributed by atoms with Crippen molar-refractivity contribution in [2.45, 2.75) is 57.7 Å². The van der Waals surface area contributed by atoms with Gasteiger partial charge in [0.15, 0.2) is 0 Å². The third kappa shape index (κ3) is 5.96. The van der Waals surface area contributed by atoms with Crippen LogP contribution in [0.2, 0.25) is 0 Å². The average molecular weight is 534 g/mol. The van der Waals surface area contributed by atoms with Crippen molar-refractivity contribution in [2.24, 2.45) is 5.92 Å². The zero-order valence-electron chi connectivity index (χ0n) is 23.4. The summed E-state index contributed by atoms with van der Waals surface area (Å²) in [4.78, 5) is 21.9. The van der Waals surface area contributed by atoms with E-state index in [0.29, 0.717) is 24.8 Å². The van der Waals surface area contributed by atoms with Gasteiger partial charge >= 0.3 is 0 Å². The number of ether oxygens (including phenoxy) is 1. The van der Waals surface area contributed by atoms with Crippen molar-refractivity contribution in [3.63, 3.8) is 0 Å². The predicted molar refractivity (Wildman–Crippen MR) is 161 cm³/mol. The van der Waals surface area contributed by atoms with E-state index in [4.69, 9.17) is 9.72 Å². The molecule has 6 rings (SSSR count). The van der Waals surface area contributed by atoms with E-state index in [1.807, 2.05) is 60.7 Å². The van der Waals surface area contributed by atoms with E-state index in [-0.39, 0.29) is 11.9 Å². The van der Waals surface area contributed by atoms with Gasteiger partial charge in [0.2, 0.25) is 0 Å². The molecule has 2 aliphatic rings. The Bertz CT molecular complexity index is 1440. The third-order valence-corrected chi connectivity index (χ3v) is 8.43. The monoisotopic (exact) mass is 533 g/mol. The first kappa shape index (κ1) is 26.7. The van der Waals surface area contributed by atoms with Crippen molar-refractivity contribution >= 4 is 16.8 Å². The smallest absolute Gasteiger partial charge is 0.252 e. The molecule has 2 heterocycles. The summed E-state index contributed by atoms with van der Waals surface area (Å²) in [6.07, 6.45) is 5.95. The van der Waals surface area contributed by atoms with Gasteiger partial charge in [0.1, 0.15) is 0 Å². The molecule has 2 fully saturated rings. The molecule has 5 heteroatoms.